The first-order chi connectivity index (χ1) is 18.5. The van der Waals surface area contributed by atoms with Crippen molar-refractivity contribution in [3.8, 4) is 22.9 Å². The van der Waals surface area contributed by atoms with E-state index in [1.807, 2.05) is 37.3 Å². The Morgan fingerprint density at radius 1 is 1.03 bits per heavy atom. The highest BCUT2D eigenvalue weighted by Crippen LogP contribution is 2.32. The summed E-state index contributed by atoms with van der Waals surface area (Å²) in [7, 11) is 0. The van der Waals surface area contributed by atoms with Crippen LogP contribution in [0.15, 0.2) is 78.0 Å². The summed E-state index contributed by atoms with van der Waals surface area (Å²) in [5.74, 6) is 0.729. The fourth-order valence-corrected chi connectivity index (χ4v) is 4.52. The van der Waals surface area contributed by atoms with Crippen LogP contribution in [0.25, 0.3) is 11.3 Å². The van der Waals surface area contributed by atoms with Crippen molar-refractivity contribution in [1.29, 1.82) is 0 Å². The van der Waals surface area contributed by atoms with E-state index in [0.717, 1.165) is 22.4 Å². The molecule has 1 aliphatic heterocycles. The second kappa shape index (κ2) is 13.8. The number of pyridine rings is 1. The highest BCUT2D eigenvalue weighted by Gasteiger charge is 2.14. The van der Waals surface area contributed by atoms with E-state index in [9.17, 15) is 4.79 Å². The van der Waals surface area contributed by atoms with E-state index in [4.69, 9.17) is 22.1 Å². The number of amides is 1. The summed E-state index contributed by atoms with van der Waals surface area (Å²) in [5.41, 5.74) is 8.25. The molecule has 8 nitrogen and oxygen atoms in total. The molecule has 0 saturated carbocycles. The summed E-state index contributed by atoms with van der Waals surface area (Å²) in [4.78, 5) is 26.0. The molecule has 1 amide bonds. The molecule has 0 atom stereocenters. The average molecular weight is 549 g/mol. The van der Waals surface area contributed by atoms with Gasteiger partial charge in [0.05, 0.1) is 16.3 Å². The molecule has 3 heterocycles. The molecule has 38 heavy (non-hydrogen) atoms. The monoisotopic (exact) mass is 548 g/mol. The van der Waals surface area contributed by atoms with Crippen LogP contribution in [0.1, 0.15) is 35.2 Å². The minimum absolute atomic E-state index is 0.156. The van der Waals surface area contributed by atoms with E-state index in [1.165, 1.54) is 32.4 Å². The standard InChI is InChI=1S/C23H18ClN5O2S.C5H11N/c1-14-8-9-15(21(30)29-32-20-7-3-2-6-17(20)24)13-19(14)31-22-16(5-4-11-26-22)18-10-12-27-23(25)28-18;1-2-4-6-5-3-1/h2-13H,1H3,(H,29,30)(H2,25,27,28);6H,1-5H2. The number of carbonyl (C=O) groups is 1. The Kier molecular flexibility index (Phi) is 9.91. The Labute approximate surface area is 231 Å². The molecule has 1 fully saturated rings. The number of anilines is 1. The number of piperidine rings is 1. The number of hydrogen-bond acceptors (Lipinski definition) is 8. The number of ether oxygens (including phenoxy) is 1. The van der Waals surface area contributed by atoms with Crippen molar-refractivity contribution >= 4 is 35.4 Å². The van der Waals surface area contributed by atoms with Crippen LogP contribution in [0.4, 0.5) is 5.95 Å². The fourth-order valence-electron chi connectivity index (χ4n) is 3.64. The van der Waals surface area contributed by atoms with Crippen molar-refractivity contribution in [2.24, 2.45) is 0 Å². The van der Waals surface area contributed by atoms with Crippen LogP contribution in [-0.2, 0) is 0 Å². The van der Waals surface area contributed by atoms with Crippen LogP contribution in [0.3, 0.4) is 0 Å². The first kappa shape index (κ1) is 27.4. The normalized spacial score (nSPS) is 12.7. The van der Waals surface area contributed by atoms with Gasteiger partial charge in [-0.2, -0.15) is 0 Å². The van der Waals surface area contributed by atoms with Crippen molar-refractivity contribution in [2.45, 2.75) is 31.1 Å². The van der Waals surface area contributed by atoms with Gasteiger partial charge in [-0.05, 0) is 92.8 Å². The molecule has 0 bridgehead atoms. The number of nitrogen functional groups attached to an aromatic ring is 1. The Hall–Kier alpha value is -3.66. The fraction of sp³-hybridized carbons (Fsp3) is 0.214. The second-order valence-corrected chi connectivity index (χ2v) is 9.77. The largest absolute Gasteiger partial charge is 0.438 e. The third-order valence-electron chi connectivity index (χ3n) is 5.68. The number of nitrogens with one attached hydrogen (secondary N) is 2. The number of halogens is 1. The molecule has 0 aliphatic carbocycles. The molecular weight excluding hydrogens is 520 g/mol. The summed E-state index contributed by atoms with van der Waals surface area (Å²) in [6.07, 6.45) is 7.41. The number of nitrogens with two attached hydrogens (primary N) is 1. The molecule has 0 spiro atoms. The minimum atomic E-state index is -0.274. The van der Waals surface area contributed by atoms with Gasteiger partial charge in [0, 0.05) is 22.9 Å². The molecule has 0 radical (unpaired) electrons. The van der Waals surface area contributed by atoms with Crippen molar-refractivity contribution in [3.63, 3.8) is 0 Å². The minimum Gasteiger partial charge on any atom is -0.438 e. The van der Waals surface area contributed by atoms with Gasteiger partial charge in [0.1, 0.15) is 5.75 Å². The van der Waals surface area contributed by atoms with E-state index in [0.29, 0.717) is 33.5 Å². The van der Waals surface area contributed by atoms with Crippen LogP contribution < -0.4 is 20.5 Å². The summed E-state index contributed by atoms with van der Waals surface area (Å²) in [6.45, 7) is 4.39. The SMILES string of the molecule is C1CCNCC1.Cc1ccc(C(=O)NSc2ccccc2Cl)cc1Oc1ncccc1-c1ccnc(N)n1. The van der Waals surface area contributed by atoms with Crippen LogP contribution in [0, 0.1) is 6.92 Å². The van der Waals surface area contributed by atoms with Gasteiger partial charge in [0.25, 0.3) is 5.91 Å². The molecule has 5 rings (SSSR count). The summed E-state index contributed by atoms with van der Waals surface area (Å²) >= 11 is 7.30. The molecular formula is C28H29ClN6O2S. The predicted molar refractivity (Wildman–Crippen MR) is 152 cm³/mol. The first-order valence-corrected chi connectivity index (χ1v) is 13.5. The van der Waals surface area contributed by atoms with Crippen molar-refractivity contribution in [1.82, 2.24) is 25.0 Å². The summed E-state index contributed by atoms with van der Waals surface area (Å²) in [5, 5.41) is 3.85. The number of rotatable bonds is 6. The van der Waals surface area contributed by atoms with E-state index >= 15 is 0 Å². The highest BCUT2D eigenvalue weighted by molar-refractivity contribution is 7.98. The van der Waals surface area contributed by atoms with Gasteiger partial charge in [0.15, 0.2) is 0 Å². The smallest absolute Gasteiger partial charge is 0.261 e. The maximum Gasteiger partial charge on any atom is 0.261 e. The molecule has 2 aromatic heterocycles. The predicted octanol–water partition coefficient (Wildman–Crippen LogP) is 6.07. The summed E-state index contributed by atoms with van der Waals surface area (Å²) < 4.78 is 8.89. The van der Waals surface area contributed by atoms with Gasteiger partial charge in [-0.25, -0.2) is 15.0 Å². The third-order valence-corrected chi connectivity index (χ3v) is 6.98. The lowest BCUT2D eigenvalue weighted by Gasteiger charge is -2.13. The van der Waals surface area contributed by atoms with Gasteiger partial charge in [-0.3, -0.25) is 9.52 Å². The maximum atomic E-state index is 12.7. The first-order valence-electron chi connectivity index (χ1n) is 12.3. The zero-order chi connectivity index (χ0) is 26.7. The molecule has 4 aromatic rings. The van der Waals surface area contributed by atoms with Gasteiger partial charge in [0.2, 0.25) is 11.8 Å². The van der Waals surface area contributed by atoms with Crippen LogP contribution >= 0.6 is 23.5 Å². The highest BCUT2D eigenvalue weighted by atomic mass is 35.5. The van der Waals surface area contributed by atoms with Gasteiger partial charge >= 0.3 is 0 Å². The van der Waals surface area contributed by atoms with Crippen molar-refractivity contribution in [3.05, 3.63) is 89.2 Å². The Balaban J connectivity index is 0.000000494. The van der Waals surface area contributed by atoms with E-state index < -0.39 is 0 Å². The third kappa shape index (κ3) is 7.67. The molecule has 4 N–H and O–H groups in total. The van der Waals surface area contributed by atoms with Crippen LogP contribution in [0.2, 0.25) is 5.02 Å². The maximum absolute atomic E-state index is 12.7. The lowest BCUT2D eigenvalue weighted by Crippen LogP contribution is -2.21. The number of nitrogens with zero attached hydrogens (tertiary/aromatic N) is 3. The lowest BCUT2D eigenvalue weighted by molar-refractivity contribution is 0.0984. The molecule has 1 saturated heterocycles. The van der Waals surface area contributed by atoms with Gasteiger partial charge < -0.3 is 15.8 Å². The quantitative estimate of drug-likeness (QED) is 0.249. The number of benzene rings is 2. The van der Waals surface area contributed by atoms with Crippen molar-refractivity contribution < 1.29 is 9.53 Å². The van der Waals surface area contributed by atoms with Crippen LogP contribution in [0.5, 0.6) is 11.6 Å². The Morgan fingerprint density at radius 3 is 2.55 bits per heavy atom. The van der Waals surface area contributed by atoms with Crippen molar-refractivity contribution in [2.75, 3.05) is 18.8 Å². The topological polar surface area (TPSA) is 115 Å². The average Bonchev–Trinajstić information content (AvgIpc) is 2.95. The number of hydrogen-bond donors (Lipinski definition) is 3. The van der Waals surface area contributed by atoms with Crippen LogP contribution in [-0.4, -0.2) is 33.9 Å². The zero-order valence-electron chi connectivity index (χ0n) is 21.0. The zero-order valence-corrected chi connectivity index (χ0v) is 22.6. The van der Waals surface area contributed by atoms with E-state index in [1.54, 1.807) is 42.7 Å². The van der Waals surface area contributed by atoms with E-state index in [-0.39, 0.29) is 11.9 Å². The van der Waals surface area contributed by atoms with Gasteiger partial charge in [-0.15, -0.1) is 0 Å². The molecule has 10 heteroatoms. The molecule has 1 aliphatic rings. The Morgan fingerprint density at radius 2 is 1.84 bits per heavy atom. The second-order valence-electron chi connectivity index (χ2n) is 8.51. The number of aryl methyl sites for hydroxylation is 1. The number of carbonyl (C=O) groups excluding carboxylic acids is 1. The molecule has 196 valence electrons. The Bertz CT molecular complexity index is 1370. The lowest BCUT2D eigenvalue weighted by atomic mass is 10.1. The number of aromatic nitrogens is 3. The van der Waals surface area contributed by atoms with Gasteiger partial charge in [-0.1, -0.05) is 36.2 Å². The molecule has 2 aromatic carbocycles. The molecule has 0 unspecified atom stereocenters. The summed E-state index contributed by atoms with van der Waals surface area (Å²) in [6, 6.07) is 17.8. The van der Waals surface area contributed by atoms with E-state index in [2.05, 4.69) is 25.0 Å².